The van der Waals surface area contributed by atoms with Gasteiger partial charge in [0.25, 0.3) is 11.8 Å². The highest BCUT2D eigenvalue weighted by Gasteiger charge is 2.44. The Labute approximate surface area is 173 Å². The van der Waals surface area contributed by atoms with Crippen LogP contribution in [0.3, 0.4) is 0 Å². The first-order chi connectivity index (χ1) is 14.0. The molecule has 0 saturated carbocycles. The zero-order valence-corrected chi connectivity index (χ0v) is 17.5. The Kier molecular flexibility index (Phi) is 5.29. The Morgan fingerprint density at radius 3 is 2.34 bits per heavy atom. The molecule has 2 aliphatic rings. The Balaban J connectivity index is 1.79. The zero-order chi connectivity index (χ0) is 20.5. The molecule has 1 saturated heterocycles. The number of imide groups is 1. The molecular formula is C21H23N3O4S. The molecule has 152 valence electrons. The monoisotopic (exact) mass is 413 g/mol. The lowest BCUT2D eigenvalue weighted by molar-refractivity contribution is -0.120. The van der Waals surface area contributed by atoms with Gasteiger partial charge in [-0.15, -0.1) is 11.3 Å². The van der Waals surface area contributed by atoms with Crippen molar-refractivity contribution in [3.63, 3.8) is 0 Å². The average Bonchev–Trinajstić information content (AvgIpc) is 3.34. The molecule has 7 nitrogen and oxygen atoms in total. The van der Waals surface area contributed by atoms with E-state index in [0.717, 1.165) is 18.0 Å². The van der Waals surface area contributed by atoms with Crippen LogP contribution in [0.25, 0.3) is 5.57 Å². The number of benzene rings is 1. The fourth-order valence-corrected chi connectivity index (χ4v) is 4.44. The molecule has 4 rings (SSSR count). The molecule has 2 aliphatic heterocycles. The van der Waals surface area contributed by atoms with E-state index in [1.54, 1.807) is 25.3 Å². The number of amides is 2. The van der Waals surface area contributed by atoms with E-state index in [0.29, 0.717) is 41.5 Å². The molecule has 0 aliphatic carbocycles. The van der Waals surface area contributed by atoms with Crippen molar-refractivity contribution in [1.29, 1.82) is 0 Å². The summed E-state index contributed by atoms with van der Waals surface area (Å²) in [5.41, 5.74) is 1.36. The summed E-state index contributed by atoms with van der Waals surface area (Å²) < 4.78 is 10.7. The molecule has 0 unspecified atom stereocenters. The number of anilines is 1. The Morgan fingerprint density at radius 1 is 0.966 bits per heavy atom. The largest absolute Gasteiger partial charge is 0.497 e. The summed E-state index contributed by atoms with van der Waals surface area (Å²) in [7, 11) is 5.13. The van der Waals surface area contributed by atoms with E-state index in [2.05, 4.69) is 11.9 Å². The second-order valence-electron chi connectivity index (χ2n) is 6.97. The summed E-state index contributed by atoms with van der Waals surface area (Å²) in [6.07, 6.45) is 0. The summed E-state index contributed by atoms with van der Waals surface area (Å²) in [5.74, 6) is 0.368. The van der Waals surface area contributed by atoms with Gasteiger partial charge in [0.2, 0.25) is 0 Å². The number of piperazine rings is 1. The number of carbonyl (C=O) groups is 2. The molecule has 0 N–H and O–H groups in total. The molecule has 0 radical (unpaired) electrons. The Bertz CT molecular complexity index is 962. The molecule has 0 spiro atoms. The van der Waals surface area contributed by atoms with Crippen molar-refractivity contribution < 1.29 is 19.1 Å². The molecule has 2 aromatic rings. The molecule has 29 heavy (non-hydrogen) atoms. The van der Waals surface area contributed by atoms with E-state index in [9.17, 15) is 9.59 Å². The molecular weight excluding hydrogens is 390 g/mol. The van der Waals surface area contributed by atoms with Crippen LogP contribution in [0, 0.1) is 0 Å². The maximum atomic E-state index is 13.5. The van der Waals surface area contributed by atoms with Crippen molar-refractivity contribution in [2.75, 3.05) is 52.3 Å². The lowest BCUT2D eigenvalue weighted by atomic mass is 10.1. The van der Waals surface area contributed by atoms with Gasteiger partial charge >= 0.3 is 0 Å². The van der Waals surface area contributed by atoms with Crippen molar-refractivity contribution in [2.24, 2.45) is 0 Å². The van der Waals surface area contributed by atoms with Crippen molar-refractivity contribution in [1.82, 2.24) is 9.80 Å². The lowest BCUT2D eigenvalue weighted by Crippen LogP contribution is -2.46. The van der Waals surface area contributed by atoms with Gasteiger partial charge in [-0.05, 0) is 30.6 Å². The Morgan fingerprint density at radius 2 is 1.72 bits per heavy atom. The number of likely N-dealkylation sites (N-methyl/N-ethyl adjacent to an activating group) is 1. The van der Waals surface area contributed by atoms with Crippen LogP contribution in [-0.4, -0.2) is 69.1 Å². The van der Waals surface area contributed by atoms with Crippen LogP contribution in [0.5, 0.6) is 11.5 Å². The van der Waals surface area contributed by atoms with Crippen LogP contribution in [0.2, 0.25) is 0 Å². The van der Waals surface area contributed by atoms with E-state index in [-0.39, 0.29) is 11.8 Å². The number of thiophene rings is 1. The van der Waals surface area contributed by atoms with Gasteiger partial charge < -0.3 is 19.3 Å². The number of ether oxygens (including phenoxy) is 2. The highest BCUT2D eigenvalue weighted by molar-refractivity contribution is 7.11. The molecule has 0 bridgehead atoms. The quantitative estimate of drug-likeness (QED) is 0.701. The first-order valence-electron chi connectivity index (χ1n) is 9.37. The third-order valence-electron chi connectivity index (χ3n) is 5.27. The summed E-state index contributed by atoms with van der Waals surface area (Å²) in [6, 6.07) is 8.86. The van der Waals surface area contributed by atoms with E-state index in [1.165, 1.54) is 23.3 Å². The standard InChI is InChI=1S/C21H23N3O4S/c1-22-8-10-23(11-9-22)19-18(17-5-4-12-29-17)20(25)24(21(19)26)15-7-6-14(27-2)13-16(15)28-3/h4-7,12-13H,8-11H2,1-3H3. The minimum atomic E-state index is -0.324. The van der Waals surface area contributed by atoms with Crippen LogP contribution < -0.4 is 14.4 Å². The van der Waals surface area contributed by atoms with Crippen LogP contribution in [-0.2, 0) is 9.59 Å². The van der Waals surface area contributed by atoms with Gasteiger partial charge in [-0.3, -0.25) is 9.59 Å². The zero-order valence-electron chi connectivity index (χ0n) is 16.7. The van der Waals surface area contributed by atoms with Crippen LogP contribution in [0.4, 0.5) is 5.69 Å². The topological polar surface area (TPSA) is 62.3 Å². The third kappa shape index (κ3) is 3.38. The van der Waals surface area contributed by atoms with Gasteiger partial charge in [0, 0.05) is 37.1 Å². The molecule has 1 aromatic carbocycles. The second-order valence-corrected chi connectivity index (χ2v) is 7.92. The van der Waals surface area contributed by atoms with Crippen molar-refractivity contribution in [3.8, 4) is 11.5 Å². The van der Waals surface area contributed by atoms with Gasteiger partial charge in [0.1, 0.15) is 17.2 Å². The van der Waals surface area contributed by atoms with E-state index in [1.807, 2.05) is 22.4 Å². The minimum Gasteiger partial charge on any atom is -0.497 e. The van der Waals surface area contributed by atoms with E-state index < -0.39 is 0 Å². The van der Waals surface area contributed by atoms with Crippen molar-refractivity contribution in [2.45, 2.75) is 0 Å². The SMILES string of the molecule is COc1ccc(N2C(=O)C(c3cccs3)=C(N3CCN(C)CC3)C2=O)c(OC)c1. The van der Waals surface area contributed by atoms with Crippen molar-refractivity contribution in [3.05, 3.63) is 46.3 Å². The number of methoxy groups -OCH3 is 2. The predicted molar refractivity (Wildman–Crippen MR) is 112 cm³/mol. The first kappa shape index (κ1) is 19.5. The highest BCUT2D eigenvalue weighted by Crippen LogP contribution is 2.41. The maximum Gasteiger partial charge on any atom is 0.282 e. The average molecular weight is 413 g/mol. The molecule has 0 atom stereocenters. The van der Waals surface area contributed by atoms with Gasteiger partial charge in [-0.2, -0.15) is 0 Å². The fraction of sp³-hybridized carbons (Fsp3) is 0.333. The third-order valence-corrected chi connectivity index (χ3v) is 6.16. The molecule has 1 fully saturated rings. The smallest absolute Gasteiger partial charge is 0.282 e. The normalized spacial score (nSPS) is 18.0. The molecule has 2 amide bonds. The summed E-state index contributed by atoms with van der Waals surface area (Å²) in [5, 5.41) is 1.91. The molecule has 1 aromatic heterocycles. The number of hydrogen-bond donors (Lipinski definition) is 0. The fourth-order valence-electron chi connectivity index (χ4n) is 3.67. The lowest BCUT2D eigenvalue weighted by Gasteiger charge is -2.34. The first-order valence-corrected chi connectivity index (χ1v) is 10.3. The van der Waals surface area contributed by atoms with Crippen molar-refractivity contribution >= 4 is 34.4 Å². The van der Waals surface area contributed by atoms with E-state index in [4.69, 9.17) is 9.47 Å². The van der Waals surface area contributed by atoms with Gasteiger partial charge in [0.15, 0.2) is 0 Å². The summed E-state index contributed by atoms with van der Waals surface area (Å²) in [6.45, 7) is 3.09. The summed E-state index contributed by atoms with van der Waals surface area (Å²) >= 11 is 1.46. The number of nitrogens with zero attached hydrogens (tertiary/aromatic N) is 3. The number of hydrogen-bond acceptors (Lipinski definition) is 7. The van der Waals surface area contributed by atoms with Crippen LogP contribution >= 0.6 is 11.3 Å². The Hall–Kier alpha value is -2.84. The highest BCUT2D eigenvalue weighted by atomic mass is 32.1. The second kappa shape index (κ2) is 7.88. The minimum absolute atomic E-state index is 0.314. The number of rotatable bonds is 5. The van der Waals surface area contributed by atoms with Gasteiger partial charge in [0.05, 0.1) is 25.5 Å². The van der Waals surface area contributed by atoms with Crippen LogP contribution in [0.15, 0.2) is 41.4 Å². The molecule has 3 heterocycles. The van der Waals surface area contributed by atoms with E-state index >= 15 is 0 Å². The molecule has 8 heteroatoms. The number of carbonyl (C=O) groups excluding carboxylic acids is 2. The van der Waals surface area contributed by atoms with Crippen LogP contribution in [0.1, 0.15) is 4.88 Å². The van der Waals surface area contributed by atoms with Gasteiger partial charge in [-0.25, -0.2) is 4.90 Å². The predicted octanol–water partition coefficient (Wildman–Crippen LogP) is 2.30. The maximum absolute atomic E-state index is 13.5. The van der Waals surface area contributed by atoms with Gasteiger partial charge in [-0.1, -0.05) is 6.07 Å². The summed E-state index contributed by atoms with van der Waals surface area (Å²) in [4.78, 5) is 33.3.